The second-order valence-electron chi connectivity index (χ2n) is 7.00. The van der Waals surface area contributed by atoms with Crippen molar-refractivity contribution < 1.29 is 75.2 Å². The summed E-state index contributed by atoms with van der Waals surface area (Å²) in [5, 5.41) is 0. The zero-order valence-electron chi connectivity index (χ0n) is 16.7. The Labute approximate surface area is 182 Å². The van der Waals surface area contributed by atoms with Crippen molar-refractivity contribution in [3.8, 4) is 5.75 Å². The number of phosphoric ester groups is 1. The second-order valence-corrected chi connectivity index (χ2v) is 8.52. The molecule has 0 aliphatic carbocycles. The maximum atomic E-state index is 13.7. The Bertz CT molecular complexity index is 871. The molecule has 4 nitrogen and oxygen atoms in total. The number of phosphoric acid groups is 1. The summed E-state index contributed by atoms with van der Waals surface area (Å²) in [6.45, 7) is -2.99. The summed E-state index contributed by atoms with van der Waals surface area (Å²) in [4.78, 5) is 0. The summed E-state index contributed by atoms with van der Waals surface area (Å²) < 4.78 is 195. The third-order valence-electron chi connectivity index (χ3n) is 3.99. The van der Waals surface area contributed by atoms with Gasteiger partial charge in [0.1, 0.15) is 18.0 Å². The number of alkyl halides is 13. The molecular formula is C16H14F13O4P. The van der Waals surface area contributed by atoms with Crippen LogP contribution in [0.4, 0.5) is 57.1 Å². The van der Waals surface area contributed by atoms with Gasteiger partial charge in [-0.25, -0.2) is 13.3 Å². The molecule has 0 spiro atoms. The van der Waals surface area contributed by atoms with Crippen LogP contribution in [-0.4, -0.2) is 48.5 Å². The lowest BCUT2D eigenvalue weighted by Crippen LogP contribution is -2.62. The SMILES string of the molecule is CC(C)(O[P@](=O)(OCC(F)(F)C(F)(F)C(F)(F)C(F)(F)F)Oc1ccccc1)C(F)(F)C(F)F. The van der Waals surface area contributed by atoms with Crippen LogP contribution in [0.25, 0.3) is 0 Å². The lowest BCUT2D eigenvalue weighted by Gasteiger charge is -2.36. The van der Waals surface area contributed by atoms with Gasteiger partial charge in [0, 0.05) is 0 Å². The average Bonchev–Trinajstić information content (AvgIpc) is 2.65. The van der Waals surface area contributed by atoms with E-state index in [9.17, 15) is 61.6 Å². The molecule has 34 heavy (non-hydrogen) atoms. The summed E-state index contributed by atoms with van der Waals surface area (Å²) in [6, 6.07) is 5.11. The molecule has 0 N–H and O–H groups in total. The van der Waals surface area contributed by atoms with Gasteiger partial charge in [-0.15, -0.1) is 0 Å². The van der Waals surface area contributed by atoms with E-state index in [1.54, 1.807) is 0 Å². The Kier molecular flexibility index (Phi) is 8.35. The van der Waals surface area contributed by atoms with Crippen LogP contribution in [0, 0.1) is 0 Å². The highest BCUT2D eigenvalue weighted by atomic mass is 31.2. The van der Waals surface area contributed by atoms with E-state index in [0.29, 0.717) is 0 Å². The van der Waals surface area contributed by atoms with E-state index < -0.39 is 62.1 Å². The van der Waals surface area contributed by atoms with Crippen molar-refractivity contribution in [2.45, 2.75) is 55.7 Å². The van der Waals surface area contributed by atoms with Crippen molar-refractivity contribution in [1.82, 2.24) is 0 Å². The van der Waals surface area contributed by atoms with Gasteiger partial charge in [-0.3, -0.25) is 9.05 Å². The molecule has 0 saturated heterocycles. The highest BCUT2D eigenvalue weighted by Gasteiger charge is 2.82. The molecule has 0 bridgehead atoms. The molecule has 0 unspecified atom stereocenters. The van der Waals surface area contributed by atoms with Crippen LogP contribution in [0.5, 0.6) is 5.75 Å². The number of hydrogen-bond acceptors (Lipinski definition) is 4. The molecule has 0 fully saturated rings. The minimum Gasteiger partial charge on any atom is -0.404 e. The van der Waals surface area contributed by atoms with Crippen LogP contribution in [0.1, 0.15) is 13.8 Å². The molecular weight excluding hydrogens is 534 g/mol. The zero-order valence-corrected chi connectivity index (χ0v) is 17.6. The number of rotatable bonds is 11. The molecule has 0 heterocycles. The quantitative estimate of drug-likeness (QED) is 0.214. The molecule has 18 heteroatoms. The molecule has 1 rings (SSSR count). The Morgan fingerprint density at radius 2 is 1.29 bits per heavy atom. The zero-order chi connectivity index (χ0) is 27.0. The van der Waals surface area contributed by atoms with Gasteiger partial charge in [-0.1, -0.05) is 18.2 Å². The van der Waals surface area contributed by atoms with Crippen molar-refractivity contribution in [2.75, 3.05) is 6.61 Å². The topological polar surface area (TPSA) is 44.8 Å². The molecule has 1 aromatic carbocycles. The van der Waals surface area contributed by atoms with Crippen LogP contribution in [0.2, 0.25) is 0 Å². The highest BCUT2D eigenvalue weighted by molar-refractivity contribution is 7.49. The maximum absolute atomic E-state index is 13.7. The molecule has 0 aromatic heterocycles. The first kappa shape index (κ1) is 30.3. The van der Waals surface area contributed by atoms with Crippen molar-refractivity contribution in [1.29, 1.82) is 0 Å². The van der Waals surface area contributed by atoms with E-state index >= 15 is 0 Å². The standard InChI is InChI=1S/C16H14F13O4P/c1-11(2,13(21,22)10(17)18)33-34(30,32-9-6-4-3-5-7-9)31-8-12(19,20)14(23,24)15(25,26)16(27,28)29/h3-7,10H,8H2,1-2H3/t34-/m1/s1. The van der Waals surface area contributed by atoms with Crippen molar-refractivity contribution >= 4 is 7.82 Å². The van der Waals surface area contributed by atoms with Gasteiger partial charge in [0.25, 0.3) is 0 Å². The fourth-order valence-electron chi connectivity index (χ4n) is 1.94. The van der Waals surface area contributed by atoms with E-state index in [1.165, 1.54) is 6.07 Å². The Hall–Kier alpha value is -1.74. The van der Waals surface area contributed by atoms with Crippen LogP contribution in [0.15, 0.2) is 30.3 Å². The average molecular weight is 548 g/mol. The fraction of sp³-hybridized carbons (Fsp3) is 0.625. The molecule has 1 atom stereocenters. The van der Waals surface area contributed by atoms with Gasteiger partial charge in [-0.05, 0) is 26.0 Å². The Balaban J connectivity index is 3.36. The number of halogens is 13. The van der Waals surface area contributed by atoms with Gasteiger partial charge < -0.3 is 4.52 Å². The molecule has 0 aliphatic rings. The smallest absolute Gasteiger partial charge is 0.404 e. The van der Waals surface area contributed by atoms with Crippen LogP contribution in [0.3, 0.4) is 0 Å². The maximum Gasteiger partial charge on any atom is 0.531 e. The molecule has 198 valence electrons. The largest absolute Gasteiger partial charge is 0.531 e. The summed E-state index contributed by atoms with van der Waals surface area (Å²) in [5.74, 6) is -26.9. The molecule has 0 aliphatic heterocycles. The lowest BCUT2D eigenvalue weighted by molar-refractivity contribution is -0.398. The third kappa shape index (κ3) is 5.90. The third-order valence-corrected chi connectivity index (χ3v) is 5.55. The summed E-state index contributed by atoms with van der Waals surface area (Å²) >= 11 is 0. The van der Waals surface area contributed by atoms with Gasteiger partial charge in [0.05, 0.1) is 0 Å². The first-order valence-corrected chi connectivity index (χ1v) is 9.96. The first-order valence-electron chi connectivity index (χ1n) is 8.50. The normalized spacial score (nSPS) is 16.5. The summed E-state index contributed by atoms with van der Waals surface area (Å²) in [6.07, 6.45) is -11.7. The lowest BCUT2D eigenvalue weighted by atomic mass is 10.0. The van der Waals surface area contributed by atoms with E-state index in [-0.39, 0.29) is 13.8 Å². The first-order chi connectivity index (χ1) is 14.9. The van der Waals surface area contributed by atoms with Crippen LogP contribution >= 0.6 is 7.82 Å². The van der Waals surface area contributed by atoms with Crippen molar-refractivity contribution in [3.63, 3.8) is 0 Å². The Morgan fingerprint density at radius 1 is 0.824 bits per heavy atom. The van der Waals surface area contributed by atoms with Gasteiger partial charge in [-0.2, -0.15) is 48.3 Å². The predicted octanol–water partition coefficient (Wildman–Crippen LogP) is 7.35. The minimum atomic E-state index is -7.33. The van der Waals surface area contributed by atoms with Crippen molar-refractivity contribution in [2.24, 2.45) is 0 Å². The number of hydrogen-bond donors (Lipinski definition) is 0. The molecule has 0 radical (unpaired) electrons. The number of para-hydroxylation sites is 1. The Morgan fingerprint density at radius 3 is 1.71 bits per heavy atom. The predicted molar refractivity (Wildman–Crippen MR) is 87.6 cm³/mol. The van der Waals surface area contributed by atoms with E-state index in [1.807, 2.05) is 0 Å². The second kappa shape index (κ2) is 9.37. The van der Waals surface area contributed by atoms with Crippen LogP contribution in [-0.2, 0) is 13.6 Å². The van der Waals surface area contributed by atoms with Gasteiger partial charge in [0.15, 0.2) is 0 Å². The van der Waals surface area contributed by atoms with Crippen LogP contribution < -0.4 is 4.52 Å². The summed E-state index contributed by atoms with van der Waals surface area (Å²) in [7, 11) is -6.11. The van der Waals surface area contributed by atoms with Crippen molar-refractivity contribution in [3.05, 3.63) is 30.3 Å². The molecule has 0 saturated carbocycles. The monoisotopic (exact) mass is 548 g/mol. The van der Waals surface area contributed by atoms with Gasteiger partial charge >= 0.3 is 44.1 Å². The van der Waals surface area contributed by atoms with Gasteiger partial charge in [0.2, 0.25) is 0 Å². The molecule has 1 aromatic rings. The number of benzene rings is 1. The minimum absolute atomic E-state index is 0.133. The highest BCUT2D eigenvalue weighted by Crippen LogP contribution is 2.59. The fourth-order valence-corrected chi connectivity index (χ4v) is 3.47. The van der Waals surface area contributed by atoms with E-state index in [2.05, 4.69) is 13.6 Å². The van der Waals surface area contributed by atoms with E-state index in [4.69, 9.17) is 0 Å². The molecule has 0 amide bonds. The summed E-state index contributed by atoms with van der Waals surface area (Å²) in [5.41, 5.74) is -3.60. The van der Waals surface area contributed by atoms with E-state index in [0.717, 1.165) is 24.3 Å².